The highest BCUT2D eigenvalue weighted by molar-refractivity contribution is 5.70. The fraction of sp³-hybridized carbons (Fsp3) is 0.784. The number of aliphatic hydroxyl groups excluding tert-OH is 1. The number of carbonyl (C=O) groups excluding carboxylic acids is 2. The van der Waals surface area contributed by atoms with Crippen LogP contribution in [-0.2, 0) is 19.1 Å². The first-order chi connectivity index (χ1) is 20.6. The van der Waals surface area contributed by atoms with Gasteiger partial charge < -0.3 is 14.6 Å². The Balaban J connectivity index is 3.62. The summed E-state index contributed by atoms with van der Waals surface area (Å²) in [7, 11) is 0. The molecule has 5 nitrogen and oxygen atoms in total. The molecule has 0 spiro atoms. The predicted octanol–water partition coefficient (Wildman–Crippen LogP) is 10.5. The van der Waals surface area contributed by atoms with Gasteiger partial charge in [0, 0.05) is 12.8 Å². The maximum absolute atomic E-state index is 12.1. The van der Waals surface area contributed by atoms with Gasteiger partial charge in [-0.25, -0.2) is 0 Å². The van der Waals surface area contributed by atoms with E-state index in [1.807, 2.05) is 0 Å². The van der Waals surface area contributed by atoms with Crippen molar-refractivity contribution in [3.63, 3.8) is 0 Å². The third-order valence-corrected chi connectivity index (χ3v) is 7.41. The van der Waals surface area contributed by atoms with Gasteiger partial charge in [0.05, 0.1) is 6.61 Å². The van der Waals surface area contributed by atoms with Crippen LogP contribution in [0.3, 0.4) is 0 Å². The topological polar surface area (TPSA) is 72.8 Å². The standard InChI is InChI=1S/C37H66O5/c1-3-5-7-9-11-13-15-17-19-21-23-25-27-29-31-36(39)41-34-35(33-38)42-37(40)32-30-28-26-24-22-20-18-16-14-12-10-8-6-4-2/h10,12,15-18,35,38H,3-9,11,13-14,19-34H2,1-2H3/b12-10-,17-15-,18-16-. The zero-order valence-corrected chi connectivity index (χ0v) is 27.5. The first-order valence-electron chi connectivity index (χ1n) is 17.5. The third-order valence-electron chi connectivity index (χ3n) is 7.41. The molecule has 0 aromatic carbocycles. The van der Waals surface area contributed by atoms with Crippen molar-refractivity contribution in [2.75, 3.05) is 13.2 Å². The van der Waals surface area contributed by atoms with Gasteiger partial charge in [0.15, 0.2) is 6.10 Å². The zero-order chi connectivity index (χ0) is 30.8. The molecule has 0 aliphatic rings. The van der Waals surface area contributed by atoms with Gasteiger partial charge in [-0.05, 0) is 64.2 Å². The molecule has 0 bridgehead atoms. The Morgan fingerprint density at radius 2 is 0.976 bits per heavy atom. The maximum Gasteiger partial charge on any atom is 0.306 e. The lowest BCUT2D eigenvalue weighted by molar-refractivity contribution is -0.161. The summed E-state index contributed by atoms with van der Waals surface area (Å²) in [6.45, 7) is 4.05. The minimum Gasteiger partial charge on any atom is -0.462 e. The van der Waals surface area contributed by atoms with Crippen molar-refractivity contribution in [2.24, 2.45) is 0 Å². The second-order valence-electron chi connectivity index (χ2n) is 11.6. The van der Waals surface area contributed by atoms with Crippen molar-refractivity contribution in [3.8, 4) is 0 Å². The van der Waals surface area contributed by atoms with Crippen molar-refractivity contribution < 1.29 is 24.2 Å². The van der Waals surface area contributed by atoms with Gasteiger partial charge in [-0.15, -0.1) is 0 Å². The molecule has 42 heavy (non-hydrogen) atoms. The van der Waals surface area contributed by atoms with Crippen LogP contribution >= 0.6 is 0 Å². The molecule has 244 valence electrons. The molecule has 0 aromatic rings. The van der Waals surface area contributed by atoms with E-state index in [4.69, 9.17) is 9.47 Å². The molecule has 5 heteroatoms. The summed E-state index contributed by atoms with van der Waals surface area (Å²) in [5, 5.41) is 9.51. The number of allylic oxidation sites excluding steroid dienone is 6. The molecule has 1 N–H and O–H groups in total. The van der Waals surface area contributed by atoms with Crippen LogP contribution in [0.5, 0.6) is 0 Å². The predicted molar refractivity (Wildman–Crippen MR) is 178 cm³/mol. The van der Waals surface area contributed by atoms with E-state index < -0.39 is 6.10 Å². The molecule has 0 saturated heterocycles. The van der Waals surface area contributed by atoms with Crippen molar-refractivity contribution in [3.05, 3.63) is 36.5 Å². The quantitative estimate of drug-likeness (QED) is 0.0494. The molecule has 0 aliphatic heterocycles. The van der Waals surface area contributed by atoms with Crippen LogP contribution in [0.4, 0.5) is 0 Å². The monoisotopic (exact) mass is 590 g/mol. The number of carbonyl (C=O) groups is 2. The number of aliphatic hydroxyl groups is 1. The largest absolute Gasteiger partial charge is 0.462 e. The van der Waals surface area contributed by atoms with Gasteiger partial charge in [-0.2, -0.15) is 0 Å². The fourth-order valence-electron chi connectivity index (χ4n) is 4.68. The van der Waals surface area contributed by atoms with Crippen LogP contribution in [0.25, 0.3) is 0 Å². The summed E-state index contributed by atoms with van der Waals surface area (Å²) < 4.78 is 10.5. The number of hydrogen-bond acceptors (Lipinski definition) is 5. The van der Waals surface area contributed by atoms with Crippen LogP contribution in [0.1, 0.15) is 168 Å². The molecule has 0 heterocycles. The Morgan fingerprint density at radius 1 is 0.548 bits per heavy atom. The summed E-state index contributed by atoms with van der Waals surface area (Å²) in [5.74, 6) is -0.619. The lowest BCUT2D eigenvalue weighted by Gasteiger charge is -2.15. The highest BCUT2D eigenvalue weighted by Crippen LogP contribution is 2.11. The summed E-state index contributed by atoms with van der Waals surface area (Å²) >= 11 is 0. The molecule has 1 atom stereocenters. The third kappa shape index (κ3) is 31.1. The highest BCUT2D eigenvalue weighted by atomic mass is 16.6. The minimum absolute atomic E-state index is 0.0753. The Kier molecular flexibility index (Phi) is 32.1. The van der Waals surface area contributed by atoms with Gasteiger partial charge >= 0.3 is 11.9 Å². The molecule has 0 saturated carbocycles. The Hall–Kier alpha value is -1.88. The summed E-state index contributed by atoms with van der Waals surface area (Å²) in [4.78, 5) is 24.1. The molecule has 1 unspecified atom stereocenters. The first kappa shape index (κ1) is 40.1. The first-order valence-corrected chi connectivity index (χ1v) is 17.5. The molecule has 0 fully saturated rings. The summed E-state index contributed by atoms with van der Waals surface area (Å²) in [6, 6.07) is 0. The smallest absolute Gasteiger partial charge is 0.306 e. The van der Waals surface area contributed by atoms with Crippen LogP contribution < -0.4 is 0 Å². The van der Waals surface area contributed by atoms with Crippen molar-refractivity contribution in [2.45, 2.75) is 174 Å². The van der Waals surface area contributed by atoms with E-state index in [9.17, 15) is 14.7 Å². The van der Waals surface area contributed by atoms with Crippen LogP contribution in [0.15, 0.2) is 36.5 Å². The highest BCUT2D eigenvalue weighted by Gasteiger charge is 2.16. The maximum atomic E-state index is 12.1. The van der Waals surface area contributed by atoms with Gasteiger partial charge in [-0.1, -0.05) is 127 Å². The SMILES string of the molecule is CCCC/C=C\C/C=C\CCCCCCCC(=O)OC(CO)COC(=O)CCCCCCC/C=C\CCCCCCC. The zero-order valence-electron chi connectivity index (χ0n) is 27.5. The Labute approximate surface area is 259 Å². The lowest BCUT2D eigenvalue weighted by atomic mass is 10.1. The number of hydrogen-bond donors (Lipinski definition) is 1. The van der Waals surface area contributed by atoms with Gasteiger partial charge in [-0.3, -0.25) is 9.59 Å². The van der Waals surface area contributed by atoms with E-state index >= 15 is 0 Å². The molecule has 0 rings (SSSR count). The number of ether oxygens (including phenoxy) is 2. The number of rotatable bonds is 31. The summed E-state index contributed by atoms with van der Waals surface area (Å²) in [6.07, 6.45) is 39.1. The Morgan fingerprint density at radius 3 is 1.50 bits per heavy atom. The van der Waals surface area contributed by atoms with Crippen LogP contribution in [-0.4, -0.2) is 36.4 Å². The molecule has 0 radical (unpaired) electrons. The van der Waals surface area contributed by atoms with E-state index in [0.717, 1.165) is 64.2 Å². The van der Waals surface area contributed by atoms with E-state index in [-0.39, 0.29) is 25.2 Å². The minimum atomic E-state index is -0.779. The van der Waals surface area contributed by atoms with Gasteiger partial charge in [0.25, 0.3) is 0 Å². The Bertz CT molecular complexity index is 682. The second kappa shape index (κ2) is 33.6. The number of esters is 2. The number of unbranched alkanes of at least 4 members (excludes halogenated alkanes) is 17. The van der Waals surface area contributed by atoms with Crippen molar-refractivity contribution >= 4 is 11.9 Å². The molecule has 0 amide bonds. The van der Waals surface area contributed by atoms with Gasteiger partial charge in [0.2, 0.25) is 0 Å². The van der Waals surface area contributed by atoms with E-state index in [2.05, 4.69) is 50.3 Å². The normalized spacial score (nSPS) is 12.5. The molecule has 0 aliphatic carbocycles. The van der Waals surface area contributed by atoms with E-state index in [0.29, 0.717) is 12.8 Å². The molecule has 0 aromatic heterocycles. The fourth-order valence-corrected chi connectivity index (χ4v) is 4.68. The van der Waals surface area contributed by atoms with Crippen LogP contribution in [0, 0.1) is 0 Å². The van der Waals surface area contributed by atoms with Crippen molar-refractivity contribution in [1.29, 1.82) is 0 Å². The second-order valence-corrected chi connectivity index (χ2v) is 11.6. The summed E-state index contributed by atoms with van der Waals surface area (Å²) in [5.41, 5.74) is 0. The van der Waals surface area contributed by atoms with E-state index in [1.54, 1.807) is 0 Å². The van der Waals surface area contributed by atoms with Crippen LogP contribution in [0.2, 0.25) is 0 Å². The van der Waals surface area contributed by atoms with E-state index in [1.165, 1.54) is 77.0 Å². The average molecular weight is 591 g/mol. The lowest BCUT2D eigenvalue weighted by Crippen LogP contribution is -2.28. The molecular formula is C37H66O5. The molecular weight excluding hydrogens is 524 g/mol. The average Bonchev–Trinajstić information content (AvgIpc) is 2.99. The van der Waals surface area contributed by atoms with Crippen molar-refractivity contribution in [1.82, 2.24) is 0 Å². The van der Waals surface area contributed by atoms with Gasteiger partial charge in [0.1, 0.15) is 6.61 Å².